The summed E-state index contributed by atoms with van der Waals surface area (Å²) in [6.07, 6.45) is 0.0564. The second kappa shape index (κ2) is 8.91. The smallest absolute Gasteiger partial charge is 0.277 e. The molecule has 0 spiro atoms. The zero-order valence-electron chi connectivity index (χ0n) is 14.7. The molecule has 0 aliphatic heterocycles. The van der Waals surface area contributed by atoms with Crippen LogP contribution in [0.1, 0.15) is 30.0 Å². The van der Waals surface area contributed by atoms with Crippen molar-refractivity contribution in [2.24, 2.45) is 5.73 Å². The van der Waals surface area contributed by atoms with Crippen molar-refractivity contribution in [3.05, 3.63) is 35.7 Å². The van der Waals surface area contributed by atoms with E-state index in [2.05, 4.69) is 15.6 Å². The van der Waals surface area contributed by atoms with Gasteiger partial charge in [-0.15, -0.1) is 17.5 Å². The quantitative estimate of drug-likeness (QED) is 0.756. The van der Waals surface area contributed by atoms with E-state index in [9.17, 15) is 13.6 Å². The third kappa shape index (κ3) is 5.37. The van der Waals surface area contributed by atoms with Gasteiger partial charge in [0.2, 0.25) is 0 Å². The molecule has 0 unspecified atom stereocenters. The van der Waals surface area contributed by atoms with Gasteiger partial charge < -0.3 is 15.8 Å². The molecule has 0 radical (unpaired) electrons. The fraction of sp³-hybridized carbons (Fsp3) is 0.438. The van der Waals surface area contributed by atoms with Crippen molar-refractivity contribution in [3.63, 3.8) is 0 Å². The molecule has 3 N–H and O–H groups in total. The van der Waals surface area contributed by atoms with Crippen LogP contribution < -0.4 is 15.8 Å². The second-order valence-electron chi connectivity index (χ2n) is 5.84. The topological polar surface area (TPSA) is 95.1 Å². The molecule has 0 bridgehead atoms. The highest BCUT2D eigenvalue weighted by atomic mass is 35.5. The van der Waals surface area contributed by atoms with Gasteiger partial charge in [-0.3, -0.25) is 4.79 Å². The molecule has 1 aromatic heterocycles. The number of nitrogens with zero attached hydrogens (tertiary/aromatic N) is 3. The first-order chi connectivity index (χ1) is 11.7. The number of nitrogens with one attached hydrogen (secondary N) is 1. The van der Waals surface area contributed by atoms with Gasteiger partial charge in [0.05, 0.1) is 30.6 Å². The summed E-state index contributed by atoms with van der Waals surface area (Å²) in [7, 11) is 0. The molecule has 10 heteroatoms. The zero-order valence-corrected chi connectivity index (χ0v) is 15.5. The number of nitrogens with two attached hydrogens (primary N) is 1. The van der Waals surface area contributed by atoms with Gasteiger partial charge in [-0.05, 0) is 45.0 Å². The molecule has 1 amide bonds. The van der Waals surface area contributed by atoms with E-state index in [1.54, 1.807) is 31.2 Å². The van der Waals surface area contributed by atoms with Crippen LogP contribution >= 0.6 is 12.4 Å². The number of hydrogen-bond donors (Lipinski definition) is 2. The maximum atomic E-state index is 13.1. The Kier molecular flexibility index (Phi) is 7.46. The van der Waals surface area contributed by atoms with E-state index < -0.39 is 24.9 Å². The van der Waals surface area contributed by atoms with E-state index in [4.69, 9.17) is 10.5 Å². The molecule has 2 aromatic rings. The maximum Gasteiger partial charge on any atom is 0.277 e. The average Bonchev–Trinajstić information content (AvgIpc) is 2.94. The monoisotopic (exact) mass is 389 g/mol. The molecule has 1 aromatic carbocycles. The van der Waals surface area contributed by atoms with E-state index in [-0.39, 0.29) is 24.2 Å². The van der Waals surface area contributed by atoms with E-state index in [1.165, 1.54) is 4.68 Å². The van der Waals surface area contributed by atoms with Crippen LogP contribution in [0.15, 0.2) is 24.3 Å². The Morgan fingerprint density at radius 3 is 2.50 bits per heavy atom. The van der Waals surface area contributed by atoms with Crippen molar-refractivity contribution in [2.45, 2.75) is 32.8 Å². The molecule has 0 saturated heterocycles. The van der Waals surface area contributed by atoms with Gasteiger partial charge in [0, 0.05) is 0 Å². The second-order valence-corrected chi connectivity index (χ2v) is 5.84. The fourth-order valence-electron chi connectivity index (χ4n) is 2.09. The van der Waals surface area contributed by atoms with Gasteiger partial charge in [0.15, 0.2) is 5.69 Å². The summed E-state index contributed by atoms with van der Waals surface area (Å²) in [6.45, 7) is 3.79. The summed E-state index contributed by atoms with van der Waals surface area (Å²) >= 11 is 0. The number of amides is 1. The molecule has 0 aliphatic carbocycles. The van der Waals surface area contributed by atoms with Gasteiger partial charge in [-0.25, -0.2) is 13.5 Å². The third-order valence-electron chi connectivity index (χ3n) is 3.37. The highest BCUT2D eigenvalue weighted by Crippen LogP contribution is 2.18. The van der Waals surface area contributed by atoms with Crippen molar-refractivity contribution in [2.75, 3.05) is 13.1 Å². The Labute approximate surface area is 156 Å². The van der Waals surface area contributed by atoms with Crippen molar-refractivity contribution < 1.29 is 18.3 Å². The van der Waals surface area contributed by atoms with Crippen molar-refractivity contribution in [3.8, 4) is 11.4 Å². The van der Waals surface area contributed by atoms with Crippen LogP contribution in [0.25, 0.3) is 5.69 Å². The summed E-state index contributed by atoms with van der Waals surface area (Å²) in [5.74, 6) is -3.18. The summed E-state index contributed by atoms with van der Waals surface area (Å²) in [5.41, 5.74) is 6.03. The Balaban J connectivity index is 0.00000338. The minimum Gasteiger partial charge on any atom is -0.491 e. The van der Waals surface area contributed by atoms with Gasteiger partial charge in [0.1, 0.15) is 5.75 Å². The Morgan fingerprint density at radius 1 is 1.35 bits per heavy atom. The molecule has 144 valence electrons. The molecule has 1 heterocycles. The van der Waals surface area contributed by atoms with Crippen LogP contribution in [0.3, 0.4) is 0 Å². The highest BCUT2D eigenvalue weighted by molar-refractivity contribution is 5.93. The highest BCUT2D eigenvalue weighted by Gasteiger charge is 2.28. The SMILES string of the molecule is Cc1c(C(=O)NCC(F)(F)CN)nnn1-c1ccc(OC(C)C)cc1.Cl. The molecule has 0 atom stereocenters. The zero-order chi connectivity index (χ0) is 18.6. The lowest BCUT2D eigenvalue weighted by Gasteiger charge is -2.14. The molecule has 0 saturated carbocycles. The predicted molar refractivity (Wildman–Crippen MR) is 95.4 cm³/mol. The number of alkyl halides is 2. The Morgan fingerprint density at radius 2 is 1.96 bits per heavy atom. The summed E-state index contributed by atoms with van der Waals surface area (Å²) in [5, 5.41) is 9.82. The number of halogens is 3. The number of carbonyl (C=O) groups excluding carboxylic acids is 1. The number of carbonyl (C=O) groups is 1. The van der Waals surface area contributed by atoms with E-state index >= 15 is 0 Å². The number of aromatic nitrogens is 3. The Bertz CT molecular complexity index is 735. The standard InChI is InChI=1S/C16H21F2N5O2.ClH/c1-10(2)25-13-6-4-12(5-7-13)23-11(3)14(21-22-23)15(24)20-9-16(17,18)8-19;/h4-7,10H,8-9,19H2,1-3H3,(H,20,24);1H. The fourth-order valence-corrected chi connectivity index (χ4v) is 2.09. The molecule has 7 nitrogen and oxygen atoms in total. The lowest BCUT2D eigenvalue weighted by atomic mass is 10.2. The van der Waals surface area contributed by atoms with Crippen LogP contribution in [0.4, 0.5) is 8.78 Å². The first-order valence-corrected chi connectivity index (χ1v) is 7.79. The summed E-state index contributed by atoms with van der Waals surface area (Å²) < 4.78 is 33.3. The predicted octanol–water partition coefficient (Wildman–Crippen LogP) is 2.11. The van der Waals surface area contributed by atoms with E-state index in [0.29, 0.717) is 17.1 Å². The van der Waals surface area contributed by atoms with Crippen LogP contribution in [-0.2, 0) is 0 Å². The van der Waals surface area contributed by atoms with Crippen LogP contribution in [0, 0.1) is 6.92 Å². The lowest BCUT2D eigenvalue weighted by molar-refractivity contribution is 0.0118. The molecular weight excluding hydrogens is 368 g/mol. The van der Waals surface area contributed by atoms with Crippen LogP contribution in [0.5, 0.6) is 5.75 Å². The summed E-state index contributed by atoms with van der Waals surface area (Å²) in [6, 6.07) is 7.09. The molecular formula is C16H22ClF2N5O2. The summed E-state index contributed by atoms with van der Waals surface area (Å²) in [4.78, 5) is 12.0. The normalized spacial score (nSPS) is 11.2. The van der Waals surface area contributed by atoms with Crippen molar-refractivity contribution in [1.82, 2.24) is 20.3 Å². The van der Waals surface area contributed by atoms with Crippen molar-refractivity contribution in [1.29, 1.82) is 0 Å². The average molecular weight is 390 g/mol. The number of benzene rings is 1. The van der Waals surface area contributed by atoms with E-state index in [0.717, 1.165) is 0 Å². The number of ether oxygens (including phenoxy) is 1. The first kappa shape index (κ1) is 21.8. The largest absolute Gasteiger partial charge is 0.491 e. The number of hydrogen-bond acceptors (Lipinski definition) is 5. The lowest BCUT2D eigenvalue weighted by Crippen LogP contribution is -2.41. The van der Waals surface area contributed by atoms with Crippen molar-refractivity contribution >= 4 is 18.3 Å². The maximum absolute atomic E-state index is 13.1. The van der Waals surface area contributed by atoms with Crippen LogP contribution in [-0.4, -0.2) is 46.0 Å². The third-order valence-corrected chi connectivity index (χ3v) is 3.37. The van der Waals surface area contributed by atoms with Crippen LogP contribution in [0.2, 0.25) is 0 Å². The van der Waals surface area contributed by atoms with Gasteiger partial charge in [-0.2, -0.15) is 0 Å². The molecule has 2 rings (SSSR count). The molecule has 26 heavy (non-hydrogen) atoms. The van der Waals surface area contributed by atoms with Gasteiger partial charge in [0.25, 0.3) is 11.8 Å². The first-order valence-electron chi connectivity index (χ1n) is 7.79. The minimum absolute atomic E-state index is 0. The molecule has 0 fully saturated rings. The van der Waals surface area contributed by atoms with E-state index in [1.807, 2.05) is 13.8 Å². The van der Waals surface area contributed by atoms with Gasteiger partial charge in [-0.1, -0.05) is 5.21 Å². The minimum atomic E-state index is -3.16. The number of rotatable bonds is 7. The van der Waals surface area contributed by atoms with Gasteiger partial charge >= 0.3 is 0 Å². The Hall–Kier alpha value is -2.26. The molecule has 0 aliphatic rings.